The third-order valence-corrected chi connectivity index (χ3v) is 7.79. The van der Waals surface area contributed by atoms with E-state index in [1.807, 2.05) is 24.4 Å². The average Bonchev–Trinajstić information content (AvgIpc) is 3.55. The second kappa shape index (κ2) is 9.61. The number of nitrogens with one attached hydrogen (secondary N) is 1. The van der Waals surface area contributed by atoms with Crippen LogP contribution in [0.3, 0.4) is 0 Å². The molecule has 35 heavy (non-hydrogen) atoms. The predicted octanol–water partition coefficient (Wildman–Crippen LogP) is 3.17. The number of hydrogen-bond acceptors (Lipinski definition) is 10. The van der Waals surface area contributed by atoms with Crippen LogP contribution in [0.4, 0.5) is 10.6 Å². The summed E-state index contributed by atoms with van der Waals surface area (Å²) in [6.07, 6.45) is 1.44. The Morgan fingerprint density at radius 2 is 1.97 bits per heavy atom. The van der Waals surface area contributed by atoms with Crippen LogP contribution in [0.25, 0.3) is 32.5 Å². The summed E-state index contributed by atoms with van der Waals surface area (Å²) in [4.78, 5) is 29.4. The van der Waals surface area contributed by atoms with Crippen molar-refractivity contribution in [2.75, 3.05) is 57.4 Å². The van der Waals surface area contributed by atoms with Gasteiger partial charge in [-0.05, 0) is 12.1 Å². The number of hydrogen-bond donors (Lipinski definition) is 2. The van der Waals surface area contributed by atoms with E-state index in [-0.39, 0.29) is 6.09 Å². The molecule has 0 spiro atoms. The number of fused-ring (bicyclic) bond motifs is 2. The molecule has 2 aliphatic rings. The number of rotatable bonds is 4. The number of amides is 1. The standard InChI is InChI=1S/C23H25N7O3S2/c31-23(33-34)30-6-4-28(5-7-30)14-15-12-19-20(35-15)22(29-8-10-32-11-9-29)26-21(25-19)16-2-1-3-18-17(16)13-24-27-18/h1-3,12-13,34H,4-11,14H2,(H,24,27). The molecule has 1 N–H and O–H groups in total. The number of ether oxygens (including phenoxy) is 1. The summed E-state index contributed by atoms with van der Waals surface area (Å²) in [7, 11) is 0. The number of carbonyl (C=O) groups is 1. The van der Waals surface area contributed by atoms with Crippen molar-refractivity contribution < 1.29 is 13.7 Å². The van der Waals surface area contributed by atoms with Gasteiger partial charge in [-0.3, -0.25) is 10.00 Å². The van der Waals surface area contributed by atoms with Crippen molar-refractivity contribution in [1.29, 1.82) is 0 Å². The van der Waals surface area contributed by atoms with Crippen LogP contribution in [-0.4, -0.2) is 88.5 Å². The van der Waals surface area contributed by atoms with Crippen LogP contribution in [0.15, 0.2) is 30.5 Å². The first-order valence-electron chi connectivity index (χ1n) is 11.6. The van der Waals surface area contributed by atoms with Gasteiger partial charge in [-0.2, -0.15) is 5.10 Å². The zero-order valence-electron chi connectivity index (χ0n) is 19.0. The van der Waals surface area contributed by atoms with E-state index in [1.165, 1.54) is 4.88 Å². The lowest BCUT2D eigenvalue weighted by Crippen LogP contribution is -2.47. The van der Waals surface area contributed by atoms with Crippen LogP contribution >= 0.6 is 24.2 Å². The molecule has 0 bridgehead atoms. The fourth-order valence-electron chi connectivity index (χ4n) is 4.68. The third kappa shape index (κ3) is 4.42. The van der Waals surface area contributed by atoms with Crippen molar-refractivity contribution in [3.05, 3.63) is 35.3 Å². The van der Waals surface area contributed by atoms with Crippen LogP contribution in [0.1, 0.15) is 4.88 Å². The Morgan fingerprint density at radius 3 is 2.77 bits per heavy atom. The first-order chi connectivity index (χ1) is 17.2. The fraction of sp³-hybridized carbons (Fsp3) is 0.391. The minimum atomic E-state index is -0.388. The number of aromatic nitrogens is 4. The average molecular weight is 512 g/mol. The minimum Gasteiger partial charge on any atom is -0.378 e. The van der Waals surface area contributed by atoms with Crippen LogP contribution in [0.2, 0.25) is 0 Å². The van der Waals surface area contributed by atoms with Gasteiger partial charge in [-0.25, -0.2) is 14.8 Å². The van der Waals surface area contributed by atoms with E-state index in [1.54, 1.807) is 16.2 Å². The summed E-state index contributed by atoms with van der Waals surface area (Å²) in [6.45, 7) is 6.62. The number of nitrogens with zero attached hydrogens (tertiary/aromatic N) is 6. The Balaban J connectivity index is 1.34. The van der Waals surface area contributed by atoms with Crippen LogP contribution in [0.5, 0.6) is 0 Å². The number of thiophene rings is 1. The SMILES string of the molecule is O=C(OS)N1CCN(Cc2cc3nc(-c4cccc5[nH]ncc45)nc(N4CCOCC4)c3s2)CC1. The molecule has 182 valence electrons. The van der Waals surface area contributed by atoms with Gasteiger partial charge in [0.05, 0.1) is 35.1 Å². The van der Waals surface area contributed by atoms with Gasteiger partial charge in [0.2, 0.25) is 0 Å². The van der Waals surface area contributed by atoms with Gasteiger partial charge in [0.15, 0.2) is 11.6 Å². The fourth-order valence-corrected chi connectivity index (χ4v) is 5.95. The molecule has 2 saturated heterocycles. The topological polar surface area (TPSA) is 99.7 Å². The molecular weight excluding hydrogens is 486 g/mol. The van der Waals surface area contributed by atoms with E-state index in [0.29, 0.717) is 32.1 Å². The van der Waals surface area contributed by atoms with Crippen LogP contribution < -0.4 is 4.90 Å². The number of piperazine rings is 1. The Bertz CT molecular complexity index is 1360. The first kappa shape index (κ1) is 22.5. The highest BCUT2D eigenvalue weighted by atomic mass is 32.1. The van der Waals surface area contributed by atoms with Crippen molar-refractivity contribution >= 4 is 57.3 Å². The van der Waals surface area contributed by atoms with E-state index in [9.17, 15) is 4.79 Å². The van der Waals surface area contributed by atoms with Crippen molar-refractivity contribution in [3.8, 4) is 11.4 Å². The van der Waals surface area contributed by atoms with Gasteiger partial charge < -0.3 is 18.7 Å². The molecule has 0 atom stereocenters. The smallest absolute Gasteiger partial charge is 0.378 e. The molecule has 1 aromatic carbocycles. The molecule has 3 aromatic heterocycles. The van der Waals surface area contributed by atoms with Gasteiger partial charge >= 0.3 is 6.09 Å². The lowest BCUT2D eigenvalue weighted by atomic mass is 10.1. The summed E-state index contributed by atoms with van der Waals surface area (Å²) in [5.41, 5.74) is 2.88. The third-order valence-electron chi connectivity index (χ3n) is 6.53. The van der Waals surface area contributed by atoms with Crippen molar-refractivity contribution in [3.63, 3.8) is 0 Å². The van der Waals surface area contributed by atoms with E-state index in [4.69, 9.17) is 14.7 Å². The number of carbonyl (C=O) groups excluding carboxylic acids is 1. The van der Waals surface area contributed by atoms with E-state index >= 15 is 0 Å². The van der Waals surface area contributed by atoms with Crippen LogP contribution in [0, 0.1) is 0 Å². The molecule has 10 nitrogen and oxygen atoms in total. The van der Waals surface area contributed by atoms with Gasteiger partial charge in [0.1, 0.15) is 0 Å². The normalized spacial score (nSPS) is 17.4. The van der Waals surface area contributed by atoms with Crippen molar-refractivity contribution in [2.45, 2.75) is 6.54 Å². The molecule has 0 saturated carbocycles. The maximum atomic E-state index is 11.7. The van der Waals surface area contributed by atoms with E-state index in [2.05, 4.69) is 43.2 Å². The summed E-state index contributed by atoms with van der Waals surface area (Å²) in [5, 5.41) is 8.25. The highest BCUT2D eigenvalue weighted by Crippen LogP contribution is 2.36. The van der Waals surface area contributed by atoms with E-state index in [0.717, 1.165) is 65.2 Å². The molecule has 4 aromatic rings. The van der Waals surface area contributed by atoms with Crippen molar-refractivity contribution in [2.24, 2.45) is 0 Å². The molecule has 0 aliphatic carbocycles. The summed E-state index contributed by atoms with van der Waals surface area (Å²) < 4.78 is 11.2. The molecule has 1 amide bonds. The predicted molar refractivity (Wildman–Crippen MR) is 138 cm³/mol. The largest absolute Gasteiger partial charge is 0.421 e. The summed E-state index contributed by atoms with van der Waals surface area (Å²) >= 11 is 5.37. The highest BCUT2D eigenvalue weighted by molar-refractivity contribution is 7.75. The summed E-state index contributed by atoms with van der Waals surface area (Å²) in [5.74, 6) is 1.67. The number of H-pyrrole nitrogens is 1. The quantitative estimate of drug-likeness (QED) is 0.318. The van der Waals surface area contributed by atoms with Gasteiger partial charge in [0.25, 0.3) is 0 Å². The van der Waals surface area contributed by atoms with Gasteiger partial charge in [-0.15, -0.1) is 11.3 Å². The number of aromatic amines is 1. The molecule has 2 aliphatic heterocycles. The molecule has 2 fully saturated rings. The zero-order chi connectivity index (χ0) is 23.8. The molecule has 0 radical (unpaired) electrons. The Labute approximate surface area is 211 Å². The van der Waals surface area contributed by atoms with Crippen molar-refractivity contribution in [1.82, 2.24) is 30.0 Å². The maximum absolute atomic E-state index is 11.7. The molecule has 6 rings (SSSR count). The number of thiol groups is 1. The second-order valence-electron chi connectivity index (χ2n) is 8.65. The Hall–Kier alpha value is -2.93. The number of morpholine rings is 1. The lowest BCUT2D eigenvalue weighted by Gasteiger charge is -2.33. The zero-order valence-corrected chi connectivity index (χ0v) is 20.7. The first-order valence-corrected chi connectivity index (χ1v) is 12.8. The lowest BCUT2D eigenvalue weighted by molar-refractivity contribution is 0.113. The molecule has 5 heterocycles. The second-order valence-corrected chi connectivity index (χ2v) is 9.97. The Morgan fingerprint density at radius 1 is 1.14 bits per heavy atom. The van der Waals surface area contributed by atoms with E-state index < -0.39 is 0 Å². The molecule has 12 heteroatoms. The molecule has 0 unspecified atom stereocenters. The minimum absolute atomic E-state index is 0.388. The number of benzene rings is 1. The highest BCUT2D eigenvalue weighted by Gasteiger charge is 2.24. The maximum Gasteiger partial charge on any atom is 0.421 e. The monoisotopic (exact) mass is 511 g/mol. The summed E-state index contributed by atoms with van der Waals surface area (Å²) in [6, 6.07) is 8.23. The Kier molecular flexibility index (Phi) is 6.19. The number of anilines is 1. The van der Waals surface area contributed by atoms with Gasteiger partial charge in [-0.1, -0.05) is 12.1 Å². The van der Waals surface area contributed by atoms with Gasteiger partial charge in [0, 0.05) is 74.5 Å². The van der Waals surface area contributed by atoms with Crippen LogP contribution in [-0.2, 0) is 15.5 Å². The molecular formula is C23H25N7O3S2.